The molecular formula is C16H22FNO2. The second kappa shape index (κ2) is 6.73. The van der Waals surface area contributed by atoms with Crippen LogP contribution in [-0.2, 0) is 11.3 Å². The molecule has 1 amide bonds. The lowest BCUT2D eigenvalue weighted by Crippen LogP contribution is -2.25. The van der Waals surface area contributed by atoms with E-state index in [1.165, 1.54) is 32.1 Å². The molecule has 0 saturated heterocycles. The average molecular weight is 279 g/mol. The first-order valence-electron chi connectivity index (χ1n) is 7.25. The molecule has 1 aromatic rings. The Morgan fingerprint density at radius 3 is 3.00 bits per heavy atom. The molecule has 20 heavy (non-hydrogen) atoms. The molecular weight excluding hydrogens is 257 g/mol. The molecule has 2 rings (SSSR count). The van der Waals surface area contributed by atoms with Gasteiger partial charge < -0.3 is 10.1 Å². The molecule has 1 aliphatic rings. The van der Waals surface area contributed by atoms with Crippen LogP contribution in [0.25, 0.3) is 0 Å². The van der Waals surface area contributed by atoms with Gasteiger partial charge in [0.05, 0.1) is 7.11 Å². The molecule has 1 saturated carbocycles. The Hall–Kier alpha value is -1.58. The van der Waals surface area contributed by atoms with Crippen molar-refractivity contribution in [1.82, 2.24) is 5.32 Å². The summed E-state index contributed by atoms with van der Waals surface area (Å²) in [5, 5.41) is 2.92. The van der Waals surface area contributed by atoms with E-state index >= 15 is 0 Å². The van der Waals surface area contributed by atoms with Crippen molar-refractivity contribution in [3.05, 3.63) is 29.6 Å². The lowest BCUT2D eigenvalue weighted by molar-refractivity contribution is -0.122. The summed E-state index contributed by atoms with van der Waals surface area (Å²) in [6, 6.07) is 4.36. The first kappa shape index (κ1) is 14.8. The maximum Gasteiger partial charge on any atom is 0.223 e. The fourth-order valence-electron chi connectivity index (χ4n) is 2.53. The summed E-state index contributed by atoms with van der Waals surface area (Å²) in [6.45, 7) is 2.55. The molecule has 0 unspecified atom stereocenters. The molecule has 0 bridgehead atoms. The first-order valence-corrected chi connectivity index (χ1v) is 7.25. The van der Waals surface area contributed by atoms with Crippen LogP contribution < -0.4 is 10.1 Å². The summed E-state index contributed by atoms with van der Waals surface area (Å²) < 4.78 is 18.2. The zero-order chi connectivity index (χ0) is 14.5. The van der Waals surface area contributed by atoms with Gasteiger partial charge in [-0.15, -0.1) is 0 Å². The van der Waals surface area contributed by atoms with Gasteiger partial charge in [-0.3, -0.25) is 4.79 Å². The largest absolute Gasteiger partial charge is 0.496 e. The Balaban J connectivity index is 1.82. The maximum absolute atomic E-state index is 13.1. The standard InChI is InChI=1S/C16H22FNO2/c1-3-4-5-11-8-14(11)16(19)18-10-12-6-7-13(17)9-15(12)20-2/h6-7,9,11,14H,3-5,8,10H2,1-2H3,(H,18,19)/t11-,14+/m1/s1. The fraction of sp³-hybridized carbons (Fsp3) is 0.562. The Morgan fingerprint density at radius 2 is 2.30 bits per heavy atom. The van der Waals surface area contributed by atoms with Gasteiger partial charge in [0.2, 0.25) is 5.91 Å². The molecule has 3 nitrogen and oxygen atoms in total. The second-order valence-electron chi connectivity index (χ2n) is 5.42. The number of methoxy groups -OCH3 is 1. The third-order valence-corrected chi connectivity index (χ3v) is 3.89. The smallest absolute Gasteiger partial charge is 0.223 e. The average Bonchev–Trinajstić information content (AvgIpc) is 3.22. The molecule has 1 fully saturated rings. The molecule has 4 heteroatoms. The van der Waals surface area contributed by atoms with Crippen molar-refractivity contribution in [3.63, 3.8) is 0 Å². The number of carbonyl (C=O) groups is 1. The highest BCUT2D eigenvalue weighted by atomic mass is 19.1. The van der Waals surface area contributed by atoms with E-state index in [9.17, 15) is 9.18 Å². The van der Waals surface area contributed by atoms with Crippen LogP contribution in [0.2, 0.25) is 0 Å². The lowest BCUT2D eigenvalue weighted by Gasteiger charge is -2.10. The van der Waals surface area contributed by atoms with Crippen LogP contribution >= 0.6 is 0 Å². The Morgan fingerprint density at radius 1 is 1.50 bits per heavy atom. The first-order chi connectivity index (χ1) is 9.65. The highest BCUT2D eigenvalue weighted by Crippen LogP contribution is 2.42. The number of hydrogen-bond donors (Lipinski definition) is 1. The van der Waals surface area contributed by atoms with Gasteiger partial charge in [-0.25, -0.2) is 4.39 Å². The van der Waals surface area contributed by atoms with Crippen molar-refractivity contribution in [1.29, 1.82) is 0 Å². The normalized spacial score (nSPS) is 20.6. The monoisotopic (exact) mass is 279 g/mol. The van der Waals surface area contributed by atoms with Gasteiger partial charge in [0.1, 0.15) is 11.6 Å². The summed E-state index contributed by atoms with van der Waals surface area (Å²) in [5.41, 5.74) is 0.799. The van der Waals surface area contributed by atoms with Crippen LogP contribution in [0.3, 0.4) is 0 Å². The number of ether oxygens (including phenoxy) is 1. The highest BCUT2D eigenvalue weighted by molar-refractivity contribution is 5.81. The van der Waals surface area contributed by atoms with E-state index in [0.29, 0.717) is 18.2 Å². The third-order valence-electron chi connectivity index (χ3n) is 3.89. The van der Waals surface area contributed by atoms with E-state index in [0.717, 1.165) is 18.4 Å². The number of halogens is 1. The molecule has 0 aliphatic heterocycles. The van der Waals surface area contributed by atoms with Gasteiger partial charge in [-0.2, -0.15) is 0 Å². The molecule has 110 valence electrons. The predicted octanol–water partition coefficient (Wildman–Crippen LogP) is 3.28. The van der Waals surface area contributed by atoms with Crippen LogP contribution in [0.4, 0.5) is 4.39 Å². The minimum Gasteiger partial charge on any atom is -0.496 e. The van der Waals surface area contributed by atoms with E-state index in [1.54, 1.807) is 6.07 Å². The van der Waals surface area contributed by atoms with Gasteiger partial charge in [0, 0.05) is 24.1 Å². The summed E-state index contributed by atoms with van der Waals surface area (Å²) >= 11 is 0. The van der Waals surface area contributed by atoms with Crippen LogP contribution in [0.1, 0.15) is 38.2 Å². The number of carbonyl (C=O) groups excluding carboxylic acids is 1. The zero-order valence-corrected chi connectivity index (χ0v) is 12.1. The van der Waals surface area contributed by atoms with E-state index in [2.05, 4.69) is 12.2 Å². The van der Waals surface area contributed by atoms with Gasteiger partial charge in [0.15, 0.2) is 0 Å². The summed E-state index contributed by atoms with van der Waals surface area (Å²) in [4.78, 5) is 12.0. The lowest BCUT2D eigenvalue weighted by atomic mass is 10.1. The number of unbranched alkanes of at least 4 members (excludes halogenated alkanes) is 1. The highest BCUT2D eigenvalue weighted by Gasteiger charge is 2.41. The zero-order valence-electron chi connectivity index (χ0n) is 12.1. The summed E-state index contributed by atoms with van der Waals surface area (Å²) in [6.07, 6.45) is 4.53. The SMILES string of the molecule is CCCC[C@@H]1C[C@@H]1C(=O)NCc1ccc(F)cc1OC. The van der Waals surface area contributed by atoms with Crippen molar-refractivity contribution in [2.24, 2.45) is 11.8 Å². The summed E-state index contributed by atoms with van der Waals surface area (Å²) in [5.74, 6) is 0.984. The fourth-order valence-corrected chi connectivity index (χ4v) is 2.53. The van der Waals surface area contributed by atoms with Crippen molar-refractivity contribution in [2.75, 3.05) is 7.11 Å². The van der Waals surface area contributed by atoms with Gasteiger partial charge >= 0.3 is 0 Å². The van der Waals surface area contributed by atoms with E-state index in [-0.39, 0.29) is 17.6 Å². The molecule has 1 aromatic carbocycles. The Labute approximate surface area is 119 Å². The van der Waals surface area contributed by atoms with Crippen molar-refractivity contribution >= 4 is 5.91 Å². The van der Waals surface area contributed by atoms with Gasteiger partial charge in [-0.1, -0.05) is 25.8 Å². The van der Waals surface area contributed by atoms with E-state index in [4.69, 9.17) is 4.74 Å². The minimum absolute atomic E-state index is 0.109. The number of rotatable bonds is 7. The topological polar surface area (TPSA) is 38.3 Å². The second-order valence-corrected chi connectivity index (χ2v) is 5.42. The van der Waals surface area contributed by atoms with Crippen molar-refractivity contribution in [3.8, 4) is 5.75 Å². The third kappa shape index (κ3) is 3.71. The molecule has 1 N–H and O–H groups in total. The van der Waals surface area contributed by atoms with Crippen molar-refractivity contribution in [2.45, 2.75) is 39.2 Å². The van der Waals surface area contributed by atoms with E-state index in [1.807, 2.05) is 0 Å². The van der Waals surface area contributed by atoms with Crippen LogP contribution in [-0.4, -0.2) is 13.0 Å². The quantitative estimate of drug-likeness (QED) is 0.832. The maximum atomic E-state index is 13.1. The molecule has 0 aromatic heterocycles. The number of amides is 1. The van der Waals surface area contributed by atoms with Crippen LogP contribution in [0.15, 0.2) is 18.2 Å². The van der Waals surface area contributed by atoms with Crippen LogP contribution in [0.5, 0.6) is 5.75 Å². The van der Waals surface area contributed by atoms with Gasteiger partial charge in [-0.05, 0) is 24.8 Å². The number of nitrogens with one attached hydrogen (secondary N) is 1. The van der Waals surface area contributed by atoms with Crippen LogP contribution in [0, 0.1) is 17.7 Å². The molecule has 1 aliphatic carbocycles. The summed E-state index contributed by atoms with van der Waals surface area (Å²) in [7, 11) is 1.50. The van der Waals surface area contributed by atoms with Crippen molar-refractivity contribution < 1.29 is 13.9 Å². The molecule has 2 atom stereocenters. The van der Waals surface area contributed by atoms with E-state index < -0.39 is 0 Å². The van der Waals surface area contributed by atoms with Gasteiger partial charge in [0.25, 0.3) is 0 Å². The Bertz CT molecular complexity index is 476. The molecule has 0 heterocycles. The number of benzene rings is 1. The predicted molar refractivity (Wildman–Crippen MR) is 75.9 cm³/mol. The molecule has 0 radical (unpaired) electrons. The minimum atomic E-state index is -0.334. The number of hydrogen-bond acceptors (Lipinski definition) is 2. The Kier molecular flexibility index (Phi) is 4.99. The molecule has 0 spiro atoms.